The zero-order valence-corrected chi connectivity index (χ0v) is 12.5. The molecule has 0 aliphatic heterocycles. The van der Waals surface area contributed by atoms with E-state index in [9.17, 15) is 8.42 Å². The minimum absolute atomic E-state index is 0.185. The maximum atomic E-state index is 12.6. The lowest BCUT2D eigenvalue weighted by molar-refractivity contribution is 0.600. The molecule has 0 fully saturated rings. The molecular formula is C15H15N3O2S. The Bertz CT molecular complexity index is 813. The van der Waals surface area contributed by atoms with E-state index < -0.39 is 10.0 Å². The predicted octanol–water partition coefficient (Wildman–Crippen LogP) is 2.56. The highest BCUT2D eigenvalue weighted by Crippen LogP contribution is 2.26. The Morgan fingerprint density at radius 2 is 1.71 bits per heavy atom. The SMILES string of the molecule is Cc1cc(N)cc(C)c1S(=O)(=O)Nc1ccccc1C#N. The van der Waals surface area contributed by atoms with E-state index >= 15 is 0 Å². The maximum Gasteiger partial charge on any atom is 0.262 e. The summed E-state index contributed by atoms with van der Waals surface area (Å²) in [7, 11) is -3.78. The molecule has 0 aliphatic rings. The van der Waals surface area contributed by atoms with Gasteiger partial charge in [-0.05, 0) is 49.2 Å². The van der Waals surface area contributed by atoms with Crippen molar-refractivity contribution in [2.45, 2.75) is 18.7 Å². The van der Waals surface area contributed by atoms with Gasteiger partial charge in [0.2, 0.25) is 0 Å². The molecule has 0 bridgehead atoms. The zero-order valence-electron chi connectivity index (χ0n) is 11.7. The number of nitriles is 1. The van der Waals surface area contributed by atoms with Gasteiger partial charge >= 0.3 is 0 Å². The molecule has 21 heavy (non-hydrogen) atoms. The number of aryl methyl sites for hydroxylation is 2. The Morgan fingerprint density at radius 1 is 1.14 bits per heavy atom. The maximum absolute atomic E-state index is 12.6. The van der Waals surface area contributed by atoms with Crippen LogP contribution in [0.3, 0.4) is 0 Å². The van der Waals surface area contributed by atoms with Crippen LogP contribution in [0.25, 0.3) is 0 Å². The Labute approximate surface area is 124 Å². The molecule has 6 heteroatoms. The Kier molecular flexibility index (Phi) is 3.87. The molecule has 0 saturated heterocycles. The van der Waals surface area contributed by atoms with E-state index in [1.807, 2.05) is 6.07 Å². The summed E-state index contributed by atoms with van der Waals surface area (Å²) in [5, 5.41) is 9.03. The Hall–Kier alpha value is -2.52. The number of anilines is 2. The summed E-state index contributed by atoms with van der Waals surface area (Å²) >= 11 is 0. The van der Waals surface area contributed by atoms with E-state index in [0.717, 1.165) is 0 Å². The Balaban J connectivity index is 2.52. The van der Waals surface area contributed by atoms with Gasteiger partial charge < -0.3 is 5.73 Å². The van der Waals surface area contributed by atoms with Gasteiger partial charge in [0, 0.05) is 5.69 Å². The quantitative estimate of drug-likeness (QED) is 0.851. The van der Waals surface area contributed by atoms with Gasteiger partial charge in [-0.1, -0.05) is 12.1 Å². The van der Waals surface area contributed by atoms with E-state index in [1.54, 1.807) is 50.2 Å². The van der Waals surface area contributed by atoms with Crippen LogP contribution in [0.4, 0.5) is 11.4 Å². The molecule has 108 valence electrons. The molecule has 5 nitrogen and oxygen atoms in total. The summed E-state index contributed by atoms with van der Waals surface area (Å²) in [5.74, 6) is 0. The Morgan fingerprint density at radius 3 is 2.29 bits per heavy atom. The van der Waals surface area contributed by atoms with Crippen LogP contribution in [0.1, 0.15) is 16.7 Å². The first-order valence-corrected chi connectivity index (χ1v) is 7.72. The van der Waals surface area contributed by atoms with Crippen LogP contribution in [-0.4, -0.2) is 8.42 Å². The molecule has 3 N–H and O–H groups in total. The molecule has 0 heterocycles. The van der Waals surface area contributed by atoms with Gasteiger partial charge in [0.25, 0.3) is 10.0 Å². The van der Waals surface area contributed by atoms with E-state index in [2.05, 4.69) is 4.72 Å². The van der Waals surface area contributed by atoms with E-state index in [-0.39, 0.29) is 16.1 Å². The fourth-order valence-corrected chi connectivity index (χ4v) is 3.81. The first-order valence-electron chi connectivity index (χ1n) is 6.24. The molecule has 2 aromatic rings. The zero-order chi connectivity index (χ0) is 15.6. The molecule has 0 radical (unpaired) electrons. The van der Waals surface area contributed by atoms with Gasteiger partial charge in [-0.25, -0.2) is 8.42 Å². The highest BCUT2D eigenvalue weighted by molar-refractivity contribution is 7.92. The highest BCUT2D eigenvalue weighted by atomic mass is 32.2. The van der Waals surface area contributed by atoms with Gasteiger partial charge in [-0.15, -0.1) is 0 Å². The number of nitrogens with zero attached hydrogens (tertiary/aromatic N) is 1. The molecular weight excluding hydrogens is 286 g/mol. The summed E-state index contributed by atoms with van der Waals surface area (Å²) in [4.78, 5) is 0.185. The van der Waals surface area contributed by atoms with E-state index in [1.165, 1.54) is 0 Å². The minimum atomic E-state index is -3.78. The lowest BCUT2D eigenvalue weighted by Crippen LogP contribution is -2.16. The third-order valence-corrected chi connectivity index (χ3v) is 4.71. The average Bonchev–Trinajstić information content (AvgIpc) is 2.37. The smallest absolute Gasteiger partial charge is 0.262 e. The summed E-state index contributed by atoms with van der Waals surface area (Å²) in [6, 6.07) is 11.6. The topological polar surface area (TPSA) is 96.0 Å². The average molecular weight is 301 g/mol. The molecule has 2 aromatic carbocycles. The fraction of sp³-hybridized carbons (Fsp3) is 0.133. The van der Waals surface area contributed by atoms with Crippen molar-refractivity contribution in [1.29, 1.82) is 5.26 Å². The molecule has 0 unspecified atom stereocenters. The second-order valence-electron chi connectivity index (χ2n) is 4.75. The number of nitrogen functional groups attached to an aromatic ring is 1. The van der Waals surface area contributed by atoms with Crippen LogP contribution in [-0.2, 0) is 10.0 Å². The summed E-state index contributed by atoms with van der Waals surface area (Å²) < 4.78 is 27.6. The number of rotatable bonds is 3. The number of hydrogen-bond donors (Lipinski definition) is 2. The van der Waals surface area contributed by atoms with Crippen molar-refractivity contribution in [2.24, 2.45) is 0 Å². The standard InChI is InChI=1S/C15H15N3O2S/c1-10-7-13(17)8-11(2)15(10)21(19,20)18-14-6-4-3-5-12(14)9-16/h3-8,18H,17H2,1-2H3. The van der Waals surface area contributed by atoms with Crippen molar-refractivity contribution in [3.63, 3.8) is 0 Å². The molecule has 0 saturated carbocycles. The third kappa shape index (κ3) is 2.98. The minimum Gasteiger partial charge on any atom is -0.399 e. The fourth-order valence-electron chi connectivity index (χ4n) is 2.27. The first kappa shape index (κ1) is 14.9. The monoisotopic (exact) mass is 301 g/mol. The van der Waals surface area contributed by atoms with E-state index in [0.29, 0.717) is 16.8 Å². The first-order chi connectivity index (χ1) is 9.85. The third-order valence-electron chi connectivity index (χ3n) is 3.04. The van der Waals surface area contributed by atoms with Gasteiger partial charge in [-0.2, -0.15) is 5.26 Å². The molecule has 0 atom stereocenters. The number of hydrogen-bond acceptors (Lipinski definition) is 4. The van der Waals surface area contributed by atoms with Crippen LogP contribution >= 0.6 is 0 Å². The van der Waals surface area contributed by atoms with Crippen molar-refractivity contribution < 1.29 is 8.42 Å². The molecule has 2 rings (SSSR count). The summed E-state index contributed by atoms with van der Waals surface area (Å²) in [6.07, 6.45) is 0. The normalized spacial score (nSPS) is 10.9. The largest absolute Gasteiger partial charge is 0.399 e. The van der Waals surface area contributed by atoms with Crippen molar-refractivity contribution in [3.8, 4) is 6.07 Å². The number of para-hydroxylation sites is 1. The van der Waals surface area contributed by atoms with Crippen molar-refractivity contribution >= 4 is 21.4 Å². The molecule has 0 aromatic heterocycles. The number of benzene rings is 2. The number of sulfonamides is 1. The second kappa shape index (κ2) is 5.46. The van der Waals surface area contributed by atoms with Crippen LogP contribution in [0.2, 0.25) is 0 Å². The number of nitrogens with two attached hydrogens (primary N) is 1. The van der Waals surface area contributed by atoms with Gasteiger partial charge in [0.1, 0.15) is 6.07 Å². The highest BCUT2D eigenvalue weighted by Gasteiger charge is 2.21. The lowest BCUT2D eigenvalue weighted by Gasteiger charge is -2.14. The summed E-state index contributed by atoms with van der Waals surface area (Å²) in [5.41, 5.74) is 7.89. The van der Waals surface area contributed by atoms with Gasteiger partial charge in [0.15, 0.2) is 0 Å². The predicted molar refractivity (Wildman–Crippen MR) is 82.3 cm³/mol. The van der Waals surface area contributed by atoms with Crippen molar-refractivity contribution in [3.05, 3.63) is 53.1 Å². The van der Waals surface area contributed by atoms with Crippen LogP contribution in [0, 0.1) is 25.2 Å². The van der Waals surface area contributed by atoms with Crippen LogP contribution < -0.4 is 10.5 Å². The second-order valence-corrected chi connectivity index (χ2v) is 6.37. The molecule has 0 amide bonds. The van der Waals surface area contributed by atoms with E-state index in [4.69, 9.17) is 11.0 Å². The van der Waals surface area contributed by atoms with Crippen molar-refractivity contribution in [2.75, 3.05) is 10.5 Å². The summed E-state index contributed by atoms with van der Waals surface area (Å²) in [6.45, 7) is 3.38. The van der Waals surface area contributed by atoms with Gasteiger partial charge in [-0.3, -0.25) is 4.72 Å². The van der Waals surface area contributed by atoms with Crippen LogP contribution in [0.15, 0.2) is 41.3 Å². The van der Waals surface area contributed by atoms with Crippen molar-refractivity contribution in [1.82, 2.24) is 0 Å². The van der Waals surface area contributed by atoms with Gasteiger partial charge in [0.05, 0.1) is 16.1 Å². The lowest BCUT2D eigenvalue weighted by atomic mass is 10.1. The van der Waals surface area contributed by atoms with Crippen LogP contribution in [0.5, 0.6) is 0 Å². The number of nitrogens with one attached hydrogen (secondary N) is 1. The molecule has 0 aliphatic carbocycles. The molecule has 0 spiro atoms.